The van der Waals surface area contributed by atoms with Gasteiger partial charge in [-0.3, -0.25) is 4.68 Å². The first-order valence-corrected chi connectivity index (χ1v) is 8.27. The third-order valence-corrected chi connectivity index (χ3v) is 3.96. The normalized spacial score (nSPS) is 11.6. The van der Waals surface area contributed by atoms with Crippen LogP contribution in [0.4, 0.5) is 13.2 Å². The van der Waals surface area contributed by atoms with E-state index in [1.807, 2.05) is 0 Å². The predicted molar refractivity (Wildman–Crippen MR) is 90.9 cm³/mol. The van der Waals surface area contributed by atoms with Gasteiger partial charge in [-0.05, 0) is 18.6 Å². The van der Waals surface area contributed by atoms with Crippen LogP contribution in [0.2, 0.25) is 0 Å². The smallest absolute Gasteiger partial charge is 0.416 e. The van der Waals surface area contributed by atoms with Crippen LogP contribution in [0.25, 0.3) is 11.3 Å². The monoisotopic (exact) mass is 395 g/mol. The Balaban J connectivity index is 1.52. The zero-order chi connectivity index (χ0) is 20.3. The Morgan fingerprint density at radius 1 is 1.25 bits per heavy atom. The summed E-state index contributed by atoms with van der Waals surface area (Å²) in [6, 6.07) is 7.67. The van der Waals surface area contributed by atoms with Crippen molar-refractivity contribution < 1.29 is 32.3 Å². The maximum absolute atomic E-state index is 12.6. The fraction of sp³-hybridized carbons (Fsp3) is 0.278. The average Bonchev–Trinajstić information content (AvgIpc) is 3.25. The first kappa shape index (κ1) is 19.5. The molecule has 0 atom stereocenters. The molecule has 0 bridgehead atoms. The number of aryl methyl sites for hydroxylation is 2. The number of halogens is 3. The second-order valence-corrected chi connectivity index (χ2v) is 6.00. The molecule has 3 aromatic rings. The van der Waals surface area contributed by atoms with Gasteiger partial charge in [0.05, 0.1) is 12.2 Å². The van der Waals surface area contributed by atoms with Crippen molar-refractivity contribution in [3.05, 3.63) is 53.4 Å². The molecule has 0 radical (unpaired) electrons. The van der Waals surface area contributed by atoms with Crippen LogP contribution in [0.3, 0.4) is 0 Å². The molecule has 0 amide bonds. The van der Waals surface area contributed by atoms with E-state index < -0.39 is 17.7 Å². The van der Waals surface area contributed by atoms with Crippen LogP contribution in [0.15, 0.2) is 40.9 Å². The molecule has 2 heterocycles. The highest BCUT2D eigenvalue weighted by Crippen LogP contribution is 2.30. The summed E-state index contributed by atoms with van der Waals surface area (Å²) in [6.45, 7) is 0.284. The second kappa shape index (κ2) is 7.75. The number of benzene rings is 1. The third kappa shape index (κ3) is 4.51. The van der Waals surface area contributed by atoms with Crippen molar-refractivity contribution in [1.82, 2.24) is 14.9 Å². The number of nitrogens with zero attached hydrogens (tertiary/aromatic N) is 3. The minimum Gasteiger partial charge on any atom is -0.477 e. The van der Waals surface area contributed by atoms with E-state index in [1.165, 1.54) is 29.9 Å². The molecule has 2 aromatic heterocycles. The lowest BCUT2D eigenvalue weighted by Crippen LogP contribution is -2.04. The summed E-state index contributed by atoms with van der Waals surface area (Å²) < 4.78 is 49.6. The molecule has 7 nitrogen and oxygen atoms in total. The molecule has 0 saturated heterocycles. The SMILES string of the molecule is Cn1nc(OCCCc2cc(-c3ccc(C(F)(F)F)cc3)no2)cc1C(=O)O. The van der Waals surface area contributed by atoms with E-state index in [9.17, 15) is 18.0 Å². The van der Waals surface area contributed by atoms with Crippen molar-refractivity contribution in [1.29, 1.82) is 0 Å². The topological polar surface area (TPSA) is 90.4 Å². The van der Waals surface area contributed by atoms with E-state index in [0.717, 1.165) is 12.1 Å². The Bertz CT molecular complexity index is 961. The van der Waals surface area contributed by atoms with Crippen molar-refractivity contribution in [2.75, 3.05) is 6.61 Å². The third-order valence-electron chi connectivity index (χ3n) is 3.96. The van der Waals surface area contributed by atoms with Crippen molar-refractivity contribution in [2.45, 2.75) is 19.0 Å². The second-order valence-electron chi connectivity index (χ2n) is 6.00. The number of carboxylic acid groups (broad SMARTS) is 1. The van der Waals surface area contributed by atoms with Gasteiger partial charge in [0.25, 0.3) is 0 Å². The molecule has 148 valence electrons. The molecule has 10 heteroatoms. The van der Waals surface area contributed by atoms with Gasteiger partial charge in [0.15, 0.2) is 0 Å². The minimum atomic E-state index is -4.38. The van der Waals surface area contributed by atoms with Crippen molar-refractivity contribution in [2.24, 2.45) is 7.05 Å². The Labute approximate surface area is 157 Å². The molecule has 0 fully saturated rings. The fourth-order valence-electron chi connectivity index (χ4n) is 2.53. The molecule has 0 unspecified atom stereocenters. The molecule has 3 rings (SSSR count). The maximum Gasteiger partial charge on any atom is 0.416 e. The number of alkyl halides is 3. The summed E-state index contributed by atoms with van der Waals surface area (Å²) in [6.07, 6.45) is -3.33. The van der Waals surface area contributed by atoms with E-state index in [-0.39, 0.29) is 18.2 Å². The van der Waals surface area contributed by atoms with E-state index in [1.54, 1.807) is 6.07 Å². The van der Waals surface area contributed by atoms with E-state index in [4.69, 9.17) is 14.4 Å². The number of carbonyl (C=O) groups is 1. The van der Waals surface area contributed by atoms with E-state index >= 15 is 0 Å². The summed E-state index contributed by atoms with van der Waals surface area (Å²) in [5.74, 6) is -0.323. The number of ether oxygens (including phenoxy) is 1. The molecule has 0 spiro atoms. The van der Waals surface area contributed by atoms with Crippen molar-refractivity contribution in [3.8, 4) is 17.1 Å². The summed E-state index contributed by atoms with van der Waals surface area (Å²) in [4.78, 5) is 10.9. The number of aromatic carboxylic acids is 1. The standard InChI is InChI=1S/C18H16F3N3O4/c1-24-15(17(25)26)10-16(22-24)27-8-2-3-13-9-14(23-28-13)11-4-6-12(7-5-11)18(19,20)21/h4-7,9-10H,2-3,8H2,1H3,(H,25,26). The number of hydrogen-bond donors (Lipinski definition) is 1. The van der Waals surface area contributed by atoms with Crippen LogP contribution in [0.5, 0.6) is 5.88 Å². The molecular weight excluding hydrogens is 379 g/mol. The molecular formula is C18H16F3N3O4. The van der Waals surface area contributed by atoms with Gasteiger partial charge in [-0.15, -0.1) is 5.10 Å². The minimum absolute atomic E-state index is 0.0198. The zero-order valence-electron chi connectivity index (χ0n) is 14.7. The van der Waals surface area contributed by atoms with Gasteiger partial charge < -0.3 is 14.4 Å². The quantitative estimate of drug-likeness (QED) is 0.612. The zero-order valence-corrected chi connectivity index (χ0v) is 14.7. The van der Waals surface area contributed by atoms with Crippen LogP contribution in [-0.4, -0.2) is 32.6 Å². The van der Waals surface area contributed by atoms with Crippen molar-refractivity contribution in [3.63, 3.8) is 0 Å². The van der Waals surface area contributed by atoms with E-state index in [0.29, 0.717) is 29.9 Å². The van der Waals surface area contributed by atoms with Crippen LogP contribution in [0.1, 0.15) is 28.2 Å². The van der Waals surface area contributed by atoms with Crippen molar-refractivity contribution >= 4 is 5.97 Å². The molecule has 0 aliphatic carbocycles. The summed E-state index contributed by atoms with van der Waals surface area (Å²) in [5.41, 5.74) is 0.263. The van der Waals surface area contributed by atoms with Gasteiger partial charge in [-0.25, -0.2) is 4.79 Å². The highest BCUT2D eigenvalue weighted by Gasteiger charge is 2.30. The Morgan fingerprint density at radius 2 is 1.96 bits per heavy atom. The first-order valence-electron chi connectivity index (χ1n) is 8.27. The Hall–Kier alpha value is -3.30. The van der Waals surface area contributed by atoms with E-state index in [2.05, 4.69) is 10.3 Å². The number of hydrogen-bond acceptors (Lipinski definition) is 5. The van der Waals surface area contributed by atoms with Gasteiger partial charge in [0.1, 0.15) is 17.1 Å². The highest BCUT2D eigenvalue weighted by atomic mass is 19.4. The van der Waals surface area contributed by atoms with Gasteiger partial charge in [0.2, 0.25) is 5.88 Å². The summed E-state index contributed by atoms with van der Waals surface area (Å²) in [7, 11) is 1.51. The highest BCUT2D eigenvalue weighted by molar-refractivity contribution is 5.85. The molecule has 0 saturated carbocycles. The molecule has 28 heavy (non-hydrogen) atoms. The number of carboxylic acids is 1. The maximum atomic E-state index is 12.6. The lowest BCUT2D eigenvalue weighted by Gasteiger charge is -2.06. The van der Waals surface area contributed by atoms with Gasteiger partial charge in [-0.2, -0.15) is 13.2 Å². The molecule has 0 aliphatic heterocycles. The average molecular weight is 395 g/mol. The van der Waals surface area contributed by atoms with Gasteiger partial charge in [0, 0.05) is 31.2 Å². The Morgan fingerprint density at radius 3 is 2.57 bits per heavy atom. The van der Waals surface area contributed by atoms with Crippen LogP contribution < -0.4 is 4.74 Å². The van der Waals surface area contributed by atoms with Crippen LogP contribution >= 0.6 is 0 Å². The Kier molecular flexibility index (Phi) is 5.39. The summed E-state index contributed by atoms with van der Waals surface area (Å²) in [5, 5.41) is 16.8. The van der Waals surface area contributed by atoms with Crippen LogP contribution in [-0.2, 0) is 19.6 Å². The largest absolute Gasteiger partial charge is 0.477 e. The van der Waals surface area contributed by atoms with Gasteiger partial charge >= 0.3 is 12.1 Å². The lowest BCUT2D eigenvalue weighted by atomic mass is 10.1. The first-order chi connectivity index (χ1) is 13.2. The number of rotatable bonds is 7. The fourth-order valence-corrected chi connectivity index (χ4v) is 2.53. The molecule has 0 aliphatic rings. The molecule has 1 N–H and O–H groups in total. The predicted octanol–water partition coefficient (Wildman–Crippen LogP) is 3.80. The van der Waals surface area contributed by atoms with Crippen LogP contribution in [0, 0.1) is 0 Å². The lowest BCUT2D eigenvalue weighted by molar-refractivity contribution is -0.137. The molecule has 1 aromatic carbocycles. The van der Waals surface area contributed by atoms with Gasteiger partial charge in [-0.1, -0.05) is 17.3 Å². The summed E-state index contributed by atoms with van der Waals surface area (Å²) >= 11 is 0. The number of aromatic nitrogens is 3.